The Hall–Kier alpha value is -3.13. The molecule has 0 heterocycles. The Kier molecular flexibility index (Phi) is 8.42. The molecule has 0 aliphatic carbocycles. The Morgan fingerprint density at radius 1 is 1.17 bits per heavy atom. The lowest BCUT2D eigenvalue weighted by molar-refractivity contribution is -0.385. The molecular formula is C21H27N3O5. The summed E-state index contributed by atoms with van der Waals surface area (Å²) in [6.45, 7) is 0.705. The van der Waals surface area contributed by atoms with Crippen LogP contribution in [0.1, 0.15) is 24.4 Å². The number of carbonyl (C=O) groups is 1. The quantitative estimate of drug-likeness (QED) is 0.353. The summed E-state index contributed by atoms with van der Waals surface area (Å²) < 4.78 is 10.6. The molecule has 2 rings (SSSR count). The Morgan fingerprint density at radius 3 is 2.48 bits per heavy atom. The number of nitrogens with zero attached hydrogens (tertiary/aromatic N) is 2. The fraction of sp³-hybridized carbons (Fsp3) is 0.381. The highest BCUT2D eigenvalue weighted by atomic mass is 16.6. The first-order valence-electron chi connectivity index (χ1n) is 9.35. The zero-order chi connectivity index (χ0) is 21.2. The molecule has 0 aromatic heterocycles. The van der Waals surface area contributed by atoms with Crippen LogP contribution in [0.5, 0.6) is 11.5 Å². The van der Waals surface area contributed by atoms with E-state index in [1.54, 1.807) is 25.3 Å². The molecule has 0 fully saturated rings. The van der Waals surface area contributed by atoms with Crippen LogP contribution in [0.4, 0.5) is 5.69 Å². The first kappa shape index (κ1) is 22.2. The van der Waals surface area contributed by atoms with E-state index in [9.17, 15) is 14.9 Å². The smallest absolute Gasteiger partial charge is 0.310 e. The summed E-state index contributed by atoms with van der Waals surface area (Å²) >= 11 is 0. The number of benzene rings is 2. The van der Waals surface area contributed by atoms with Crippen molar-refractivity contribution in [2.45, 2.75) is 18.9 Å². The highest BCUT2D eigenvalue weighted by Crippen LogP contribution is 2.26. The van der Waals surface area contributed by atoms with Gasteiger partial charge in [-0.2, -0.15) is 0 Å². The second kappa shape index (κ2) is 11.0. The van der Waals surface area contributed by atoms with Gasteiger partial charge in [0.05, 0.1) is 24.7 Å². The van der Waals surface area contributed by atoms with E-state index in [2.05, 4.69) is 5.32 Å². The number of ether oxygens (including phenoxy) is 2. The normalized spacial score (nSPS) is 11.7. The zero-order valence-corrected chi connectivity index (χ0v) is 17.0. The van der Waals surface area contributed by atoms with Crippen molar-refractivity contribution < 1.29 is 19.2 Å². The third-order valence-electron chi connectivity index (χ3n) is 4.48. The molecule has 0 saturated heterocycles. The molecule has 0 aliphatic heterocycles. The number of nitro groups is 1. The number of methoxy groups -OCH3 is 1. The van der Waals surface area contributed by atoms with Crippen LogP contribution in [0.2, 0.25) is 0 Å². The van der Waals surface area contributed by atoms with E-state index in [0.29, 0.717) is 13.0 Å². The number of hydrogen-bond acceptors (Lipinski definition) is 6. The van der Waals surface area contributed by atoms with E-state index in [1.807, 2.05) is 43.3 Å². The number of amides is 1. The molecule has 1 N–H and O–H groups in total. The predicted molar refractivity (Wildman–Crippen MR) is 110 cm³/mol. The molecule has 1 atom stereocenters. The van der Waals surface area contributed by atoms with E-state index >= 15 is 0 Å². The topological polar surface area (TPSA) is 93.9 Å². The summed E-state index contributed by atoms with van der Waals surface area (Å²) in [5, 5.41) is 13.9. The van der Waals surface area contributed by atoms with E-state index in [-0.39, 0.29) is 36.4 Å². The Labute approximate surface area is 170 Å². The standard InChI is InChI=1S/C21H27N3O5/c1-23(2)19(16-10-12-17(28-3)13-11-16)15-22-21(25)9-6-14-29-20-8-5-4-7-18(20)24(26)27/h4-5,7-8,10-13,19H,6,9,14-15H2,1-3H3,(H,22,25). The lowest BCUT2D eigenvalue weighted by atomic mass is 10.1. The fourth-order valence-corrected chi connectivity index (χ4v) is 2.87. The van der Waals surface area contributed by atoms with Gasteiger partial charge in [-0.1, -0.05) is 24.3 Å². The van der Waals surface area contributed by atoms with Gasteiger partial charge in [0.15, 0.2) is 5.75 Å². The van der Waals surface area contributed by atoms with E-state index in [4.69, 9.17) is 9.47 Å². The summed E-state index contributed by atoms with van der Waals surface area (Å²) in [4.78, 5) is 24.7. The number of likely N-dealkylation sites (N-methyl/N-ethyl adjacent to an activating group) is 1. The van der Waals surface area contributed by atoms with Crippen molar-refractivity contribution in [3.63, 3.8) is 0 Å². The molecule has 29 heavy (non-hydrogen) atoms. The molecule has 2 aromatic rings. The molecule has 156 valence electrons. The summed E-state index contributed by atoms with van der Waals surface area (Å²) in [7, 11) is 5.54. The SMILES string of the molecule is COc1ccc(C(CNC(=O)CCCOc2ccccc2[N+](=O)[O-])N(C)C)cc1. The number of hydrogen-bond donors (Lipinski definition) is 1. The summed E-state index contributed by atoms with van der Waals surface area (Å²) in [5.41, 5.74) is 1.00. The fourth-order valence-electron chi connectivity index (χ4n) is 2.87. The van der Waals surface area contributed by atoms with Crippen molar-refractivity contribution in [1.29, 1.82) is 0 Å². The number of nitrogens with one attached hydrogen (secondary N) is 1. The van der Waals surface area contributed by atoms with Crippen molar-refractivity contribution in [3.05, 3.63) is 64.2 Å². The number of nitro benzene ring substituents is 1. The number of carbonyl (C=O) groups excluding carboxylic acids is 1. The van der Waals surface area contributed by atoms with Gasteiger partial charge in [0.25, 0.3) is 0 Å². The van der Waals surface area contributed by atoms with Gasteiger partial charge in [-0.3, -0.25) is 14.9 Å². The average molecular weight is 401 g/mol. The minimum Gasteiger partial charge on any atom is -0.497 e. The van der Waals surface area contributed by atoms with Crippen LogP contribution in [0.3, 0.4) is 0 Å². The Morgan fingerprint density at radius 2 is 1.86 bits per heavy atom. The van der Waals surface area contributed by atoms with Crippen molar-refractivity contribution in [1.82, 2.24) is 10.2 Å². The number of para-hydroxylation sites is 2. The molecule has 0 radical (unpaired) electrons. The largest absolute Gasteiger partial charge is 0.497 e. The molecule has 0 saturated carbocycles. The molecular weight excluding hydrogens is 374 g/mol. The van der Waals surface area contributed by atoms with Crippen molar-refractivity contribution in [2.75, 3.05) is 34.4 Å². The van der Waals surface area contributed by atoms with Gasteiger partial charge in [0.2, 0.25) is 5.91 Å². The Balaban J connectivity index is 1.78. The third-order valence-corrected chi connectivity index (χ3v) is 4.48. The zero-order valence-electron chi connectivity index (χ0n) is 17.0. The molecule has 8 nitrogen and oxygen atoms in total. The molecule has 1 amide bonds. The first-order valence-corrected chi connectivity index (χ1v) is 9.35. The van der Waals surface area contributed by atoms with Gasteiger partial charge >= 0.3 is 5.69 Å². The number of rotatable bonds is 11. The van der Waals surface area contributed by atoms with Gasteiger partial charge < -0.3 is 19.7 Å². The van der Waals surface area contributed by atoms with Crippen LogP contribution in [0.15, 0.2) is 48.5 Å². The highest BCUT2D eigenvalue weighted by molar-refractivity contribution is 5.75. The van der Waals surface area contributed by atoms with E-state index in [0.717, 1.165) is 11.3 Å². The van der Waals surface area contributed by atoms with Crippen LogP contribution in [-0.4, -0.2) is 50.1 Å². The minimum absolute atomic E-state index is 0.0353. The van der Waals surface area contributed by atoms with Crippen molar-refractivity contribution >= 4 is 11.6 Å². The van der Waals surface area contributed by atoms with Crippen molar-refractivity contribution in [2.24, 2.45) is 0 Å². The minimum atomic E-state index is -0.484. The van der Waals surface area contributed by atoms with Crippen LogP contribution in [0.25, 0.3) is 0 Å². The summed E-state index contributed by atoms with van der Waals surface area (Å²) in [5.74, 6) is 0.913. The summed E-state index contributed by atoms with van der Waals surface area (Å²) in [6, 6.07) is 14.0. The van der Waals surface area contributed by atoms with Gasteiger partial charge in [0.1, 0.15) is 5.75 Å². The monoisotopic (exact) mass is 401 g/mol. The van der Waals surface area contributed by atoms with Gasteiger partial charge in [-0.15, -0.1) is 0 Å². The molecule has 0 aliphatic rings. The first-order chi connectivity index (χ1) is 13.9. The van der Waals surface area contributed by atoms with Crippen LogP contribution < -0.4 is 14.8 Å². The van der Waals surface area contributed by atoms with Gasteiger partial charge in [0, 0.05) is 19.0 Å². The molecule has 2 aromatic carbocycles. The van der Waals surface area contributed by atoms with Crippen molar-refractivity contribution in [3.8, 4) is 11.5 Å². The highest BCUT2D eigenvalue weighted by Gasteiger charge is 2.16. The molecule has 8 heteroatoms. The Bertz CT molecular complexity index is 808. The average Bonchev–Trinajstić information content (AvgIpc) is 2.71. The van der Waals surface area contributed by atoms with E-state index in [1.165, 1.54) is 6.07 Å². The van der Waals surface area contributed by atoms with E-state index < -0.39 is 4.92 Å². The molecule has 0 bridgehead atoms. The third kappa shape index (κ3) is 6.76. The second-order valence-electron chi connectivity index (χ2n) is 6.73. The van der Waals surface area contributed by atoms with Crippen LogP contribution in [-0.2, 0) is 4.79 Å². The lowest BCUT2D eigenvalue weighted by Crippen LogP contribution is -2.34. The second-order valence-corrected chi connectivity index (χ2v) is 6.73. The lowest BCUT2D eigenvalue weighted by Gasteiger charge is -2.25. The maximum atomic E-state index is 12.2. The maximum absolute atomic E-state index is 12.2. The molecule has 0 spiro atoms. The summed E-state index contributed by atoms with van der Waals surface area (Å²) in [6.07, 6.45) is 0.746. The van der Waals surface area contributed by atoms with Gasteiger partial charge in [-0.25, -0.2) is 0 Å². The molecule has 1 unspecified atom stereocenters. The van der Waals surface area contributed by atoms with Crippen LogP contribution in [0, 0.1) is 10.1 Å². The van der Waals surface area contributed by atoms with Crippen LogP contribution >= 0.6 is 0 Å². The van der Waals surface area contributed by atoms with Gasteiger partial charge in [-0.05, 0) is 44.3 Å². The maximum Gasteiger partial charge on any atom is 0.310 e. The predicted octanol–water partition coefficient (Wildman–Crippen LogP) is 3.18.